The lowest BCUT2D eigenvalue weighted by Crippen LogP contribution is -2.15. The zero-order valence-corrected chi connectivity index (χ0v) is 13.1. The van der Waals surface area contributed by atoms with E-state index in [0.29, 0.717) is 13.0 Å². The standard InChI is InChI=1S/C16H22N4O/c1-11-16(12(2)20(18-11)9-8-15(17)21)13-6-5-7-14(10-13)19(3)4/h5-7,10H,8-9H2,1-4H3,(H2,17,21). The van der Waals surface area contributed by atoms with Crippen molar-refractivity contribution < 1.29 is 4.79 Å². The summed E-state index contributed by atoms with van der Waals surface area (Å²) in [5, 5.41) is 4.53. The Labute approximate surface area is 125 Å². The smallest absolute Gasteiger partial charge is 0.219 e. The van der Waals surface area contributed by atoms with Gasteiger partial charge in [0.15, 0.2) is 0 Å². The molecule has 0 fully saturated rings. The maximum atomic E-state index is 10.9. The SMILES string of the molecule is Cc1nn(CCC(N)=O)c(C)c1-c1cccc(N(C)C)c1. The second-order valence-corrected chi connectivity index (χ2v) is 5.43. The topological polar surface area (TPSA) is 64.2 Å². The Morgan fingerprint density at radius 2 is 2.05 bits per heavy atom. The van der Waals surface area contributed by atoms with Crippen LogP contribution in [0.5, 0.6) is 0 Å². The summed E-state index contributed by atoms with van der Waals surface area (Å²) in [4.78, 5) is 13.0. The molecule has 0 aliphatic carbocycles. The fourth-order valence-electron chi connectivity index (χ4n) is 2.49. The van der Waals surface area contributed by atoms with Crippen molar-refractivity contribution in [3.63, 3.8) is 0 Å². The third-order valence-corrected chi connectivity index (χ3v) is 3.60. The number of nitrogens with zero attached hydrogens (tertiary/aromatic N) is 3. The van der Waals surface area contributed by atoms with Gasteiger partial charge in [-0.25, -0.2) is 0 Å². The summed E-state index contributed by atoms with van der Waals surface area (Å²) in [5.41, 5.74) is 10.7. The molecule has 2 aromatic rings. The van der Waals surface area contributed by atoms with E-state index < -0.39 is 0 Å². The summed E-state index contributed by atoms with van der Waals surface area (Å²) < 4.78 is 1.86. The monoisotopic (exact) mass is 286 g/mol. The number of rotatable bonds is 5. The zero-order chi connectivity index (χ0) is 15.6. The normalized spacial score (nSPS) is 10.7. The number of aromatic nitrogens is 2. The molecule has 1 aromatic heterocycles. The molecule has 1 heterocycles. The highest BCUT2D eigenvalue weighted by Crippen LogP contribution is 2.29. The molecule has 0 radical (unpaired) electrons. The van der Waals surface area contributed by atoms with Gasteiger partial charge in [-0.15, -0.1) is 0 Å². The first-order valence-corrected chi connectivity index (χ1v) is 7.00. The molecule has 5 heteroatoms. The van der Waals surface area contributed by atoms with Crippen LogP contribution in [0.15, 0.2) is 24.3 Å². The molecule has 0 aliphatic rings. The number of carbonyl (C=O) groups is 1. The molecule has 1 amide bonds. The minimum atomic E-state index is -0.307. The van der Waals surface area contributed by atoms with Gasteiger partial charge in [0.05, 0.1) is 5.69 Å². The predicted molar refractivity (Wildman–Crippen MR) is 85.3 cm³/mol. The lowest BCUT2D eigenvalue weighted by molar-refractivity contribution is -0.118. The number of hydrogen-bond acceptors (Lipinski definition) is 3. The van der Waals surface area contributed by atoms with Crippen LogP contribution in [-0.2, 0) is 11.3 Å². The van der Waals surface area contributed by atoms with Crippen LogP contribution in [0.2, 0.25) is 0 Å². The van der Waals surface area contributed by atoms with Crippen molar-refractivity contribution in [2.24, 2.45) is 5.73 Å². The summed E-state index contributed by atoms with van der Waals surface area (Å²) in [6.07, 6.45) is 0.305. The van der Waals surface area contributed by atoms with Crippen molar-refractivity contribution in [2.45, 2.75) is 26.8 Å². The number of nitrogens with two attached hydrogens (primary N) is 1. The first kappa shape index (κ1) is 15.1. The van der Waals surface area contributed by atoms with E-state index in [4.69, 9.17) is 5.73 Å². The van der Waals surface area contributed by atoms with E-state index in [1.54, 1.807) is 0 Å². The van der Waals surface area contributed by atoms with Crippen LogP contribution in [-0.4, -0.2) is 29.8 Å². The third kappa shape index (κ3) is 3.24. The zero-order valence-electron chi connectivity index (χ0n) is 13.1. The highest BCUT2D eigenvalue weighted by molar-refractivity contribution is 5.74. The first-order valence-electron chi connectivity index (χ1n) is 7.00. The molecule has 0 atom stereocenters. The van der Waals surface area contributed by atoms with Crippen molar-refractivity contribution in [1.82, 2.24) is 9.78 Å². The molecular formula is C16H22N4O. The van der Waals surface area contributed by atoms with Crippen LogP contribution >= 0.6 is 0 Å². The maximum Gasteiger partial charge on any atom is 0.219 e. The van der Waals surface area contributed by atoms with Gasteiger partial charge in [-0.3, -0.25) is 9.48 Å². The molecule has 0 saturated carbocycles. The second kappa shape index (κ2) is 5.99. The Kier molecular flexibility index (Phi) is 4.31. The summed E-state index contributed by atoms with van der Waals surface area (Å²) in [7, 11) is 4.05. The van der Waals surface area contributed by atoms with E-state index in [1.807, 2.05) is 38.7 Å². The number of amides is 1. The molecule has 21 heavy (non-hydrogen) atoms. The number of aryl methyl sites for hydroxylation is 2. The van der Waals surface area contributed by atoms with Gasteiger partial charge in [0.2, 0.25) is 5.91 Å². The molecular weight excluding hydrogens is 264 g/mol. The molecule has 0 unspecified atom stereocenters. The lowest BCUT2D eigenvalue weighted by Gasteiger charge is -2.14. The molecule has 5 nitrogen and oxygen atoms in total. The maximum absolute atomic E-state index is 10.9. The fourth-order valence-corrected chi connectivity index (χ4v) is 2.49. The largest absolute Gasteiger partial charge is 0.378 e. The number of hydrogen-bond donors (Lipinski definition) is 1. The number of anilines is 1. The van der Waals surface area contributed by atoms with Crippen molar-refractivity contribution in [3.05, 3.63) is 35.7 Å². The van der Waals surface area contributed by atoms with Gasteiger partial charge in [-0.05, 0) is 31.5 Å². The van der Waals surface area contributed by atoms with Gasteiger partial charge in [0.1, 0.15) is 0 Å². The van der Waals surface area contributed by atoms with Gasteiger partial charge < -0.3 is 10.6 Å². The Bertz CT molecular complexity index is 658. The van der Waals surface area contributed by atoms with Crippen molar-refractivity contribution in [2.75, 3.05) is 19.0 Å². The van der Waals surface area contributed by atoms with Crippen LogP contribution in [0.1, 0.15) is 17.8 Å². The molecule has 0 saturated heterocycles. The predicted octanol–water partition coefficient (Wildman–Crippen LogP) is 2.11. The van der Waals surface area contributed by atoms with Gasteiger partial charge in [0, 0.05) is 44.0 Å². The lowest BCUT2D eigenvalue weighted by atomic mass is 10.0. The summed E-state index contributed by atoms with van der Waals surface area (Å²) in [6, 6.07) is 8.36. The summed E-state index contributed by atoms with van der Waals surface area (Å²) in [5.74, 6) is -0.307. The molecule has 2 rings (SSSR count). The van der Waals surface area contributed by atoms with Gasteiger partial charge in [-0.1, -0.05) is 12.1 Å². The van der Waals surface area contributed by atoms with Crippen molar-refractivity contribution in [3.8, 4) is 11.1 Å². The molecule has 0 aliphatic heterocycles. The van der Waals surface area contributed by atoms with Crippen LogP contribution in [0.3, 0.4) is 0 Å². The van der Waals surface area contributed by atoms with Crippen molar-refractivity contribution >= 4 is 11.6 Å². The third-order valence-electron chi connectivity index (χ3n) is 3.60. The van der Waals surface area contributed by atoms with E-state index in [-0.39, 0.29) is 5.91 Å². The average Bonchev–Trinajstić information content (AvgIpc) is 2.71. The average molecular weight is 286 g/mol. The van der Waals surface area contributed by atoms with E-state index in [0.717, 1.165) is 28.2 Å². The van der Waals surface area contributed by atoms with Crippen LogP contribution in [0, 0.1) is 13.8 Å². The Morgan fingerprint density at radius 3 is 2.67 bits per heavy atom. The Morgan fingerprint density at radius 1 is 1.33 bits per heavy atom. The van der Waals surface area contributed by atoms with Crippen molar-refractivity contribution in [1.29, 1.82) is 0 Å². The number of benzene rings is 1. The van der Waals surface area contributed by atoms with Crippen LogP contribution in [0.4, 0.5) is 5.69 Å². The number of carbonyl (C=O) groups excluding carboxylic acids is 1. The quantitative estimate of drug-likeness (QED) is 0.915. The van der Waals surface area contributed by atoms with E-state index in [9.17, 15) is 4.79 Å². The first-order chi connectivity index (χ1) is 9.90. The van der Waals surface area contributed by atoms with Gasteiger partial charge in [0.25, 0.3) is 0 Å². The van der Waals surface area contributed by atoms with Crippen LogP contribution in [0.25, 0.3) is 11.1 Å². The van der Waals surface area contributed by atoms with Gasteiger partial charge in [-0.2, -0.15) is 5.10 Å². The molecule has 2 N–H and O–H groups in total. The molecule has 0 bridgehead atoms. The number of primary amides is 1. The highest BCUT2D eigenvalue weighted by Gasteiger charge is 2.14. The van der Waals surface area contributed by atoms with E-state index >= 15 is 0 Å². The minimum Gasteiger partial charge on any atom is -0.378 e. The fraction of sp³-hybridized carbons (Fsp3) is 0.375. The molecule has 1 aromatic carbocycles. The Balaban J connectivity index is 2.40. The minimum absolute atomic E-state index is 0.305. The summed E-state index contributed by atoms with van der Waals surface area (Å²) in [6.45, 7) is 4.54. The highest BCUT2D eigenvalue weighted by atomic mass is 16.1. The van der Waals surface area contributed by atoms with E-state index in [2.05, 4.69) is 28.2 Å². The molecule has 0 spiro atoms. The summed E-state index contributed by atoms with van der Waals surface area (Å²) >= 11 is 0. The second-order valence-electron chi connectivity index (χ2n) is 5.43. The van der Waals surface area contributed by atoms with E-state index in [1.165, 1.54) is 0 Å². The Hall–Kier alpha value is -2.30. The molecule has 112 valence electrons. The van der Waals surface area contributed by atoms with Gasteiger partial charge >= 0.3 is 0 Å². The van der Waals surface area contributed by atoms with Crippen LogP contribution < -0.4 is 10.6 Å².